The van der Waals surface area contributed by atoms with Gasteiger partial charge >= 0.3 is 0 Å². The van der Waals surface area contributed by atoms with Gasteiger partial charge < -0.3 is 10.1 Å². The SMILES string of the molecule is Cc1ccccc1[C@H](C)NC(=O)COc1ccc(C#N)cc1. The molecule has 112 valence electrons. The normalized spacial score (nSPS) is 11.3. The van der Waals surface area contributed by atoms with E-state index < -0.39 is 0 Å². The summed E-state index contributed by atoms with van der Waals surface area (Å²) in [5.74, 6) is 0.387. The fourth-order valence-electron chi connectivity index (χ4n) is 2.21. The van der Waals surface area contributed by atoms with E-state index in [4.69, 9.17) is 10.00 Å². The fourth-order valence-corrected chi connectivity index (χ4v) is 2.21. The van der Waals surface area contributed by atoms with Crippen LogP contribution in [0, 0.1) is 18.3 Å². The first-order valence-corrected chi connectivity index (χ1v) is 7.08. The third-order valence-corrected chi connectivity index (χ3v) is 3.39. The zero-order chi connectivity index (χ0) is 15.9. The highest BCUT2D eigenvalue weighted by molar-refractivity contribution is 5.78. The van der Waals surface area contributed by atoms with Crippen molar-refractivity contribution in [3.63, 3.8) is 0 Å². The summed E-state index contributed by atoms with van der Waals surface area (Å²) >= 11 is 0. The lowest BCUT2D eigenvalue weighted by Crippen LogP contribution is -2.31. The van der Waals surface area contributed by atoms with Crippen molar-refractivity contribution in [2.75, 3.05) is 6.61 Å². The van der Waals surface area contributed by atoms with Gasteiger partial charge in [0.15, 0.2) is 6.61 Å². The standard InChI is InChI=1S/C18H18N2O2/c1-13-5-3-4-6-17(13)14(2)20-18(21)12-22-16-9-7-15(11-19)8-10-16/h3-10,14H,12H2,1-2H3,(H,20,21)/t14-/m0/s1. The lowest BCUT2D eigenvalue weighted by Gasteiger charge is -2.16. The maximum Gasteiger partial charge on any atom is 0.258 e. The van der Waals surface area contributed by atoms with Crippen LogP contribution in [0.4, 0.5) is 0 Å². The molecular weight excluding hydrogens is 276 g/mol. The summed E-state index contributed by atoms with van der Waals surface area (Å²) < 4.78 is 5.41. The van der Waals surface area contributed by atoms with E-state index in [1.165, 1.54) is 0 Å². The van der Waals surface area contributed by atoms with Gasteiger partial charge in [0.05, 0.1) is 17.7 Å². The van der Waals surface area contributed by atoms with Crippen LogP contribution in [0.15, 0.2) is 48.5 Å². The van der Waals surface area contributed by atoms with Crippen molar-refractivity contribution in [3.05, 3.63) is 65.2 Å². The number of ether oxygens (including phenoxy) is 1. The Kier molecular flexibility index (Phi) is 5.16. The summed E-state index contributed by atoms with van der Waals surface area (Å²) in [6, 6.07) is 16.6. The lowest BCUT2D eigenvalue weighted by atomic mass is 10.0. The minimum Gasteiger partial charge on any atom is -0.484 e. The van der Waals surface area contributed by atoms with E-state index in [1.807, 2.05) is 44.2 Å². The van der Waals surface area contributed by atoms with Crippen molar-refractivity contribution in [3.8, 4) is 11.8 Å². The van der Waals surface area contributed by atoms with Crippen molar-refractivity contribution in [1.82, 2.24) is 5.32 Å². The molecule has 1 atom stereocenters. The van der Waals surface area contributed by atoms with Gasteiger partial charge in [0.2, 0.25) is 0 Å². The molecule has 2 aromatic rings. The highest BCUT2D eigenvalue weighted by atomic mass is 16.5. The second kappa shape index (κ2) is 7.28. The van der Waals surface area contributed by atoms with Gasteiger partial charge in [0.1, 0.15) is 5.75 Å². The fraction of sp³-hybridized carbons (Fsp3) is 0.222. The maximum absolute atomic E-state index is 11.9. The Balaban J connectivity index is 1.87. The zero-order valence-electron chi connectivity index (χ0n) is 12.7. The maximum atomic E-state index is 11.9. The largest absolute Gasteiger partial charge is 0.484 e. The number of hydrogen-bond donors (Lipinski definition) is 1. The van der Waals surface area contributed by atoms with Gasteiger partial charge in [-0.1, -0.05) is 24.3 Å². The van der Waals surface area contributed by atoms with E-state index in [0.717, 1.165) is 11.1 Å². The molecule has 0 aromatic heterocycles. The molecule has 0 aliphatic heterocycles. The van der Waals surface area contributed by atoms with E-state index in [-0.39, 0.29) is 18.6 Å². The van der Waals surface area contributed by atoms with E-state index in [2.05, 4.69) is 5.32 Å². The van der Waals surface area contributed by atoms with Crippen molar-refractivity contribution in [1.29, 1.82) is 5.26 Å². The van der Waals surface area contributed by atoms with Crippen LogP contribution in [0.25, 0.3) is 0 Å². The van der Waals surface area contributed by atoms with Gasteiger partial charge in [-0.25, -0.2) is 0 Å². The molecule has 0 unspecified atom stereocenters. The molecule has 1 amide bonds. The minimum atomic E-state index is -0.180. The number of rotatable bonds is 5. The van der Waals surface area contributed by atoms with Crippen molar-refractivity contribution in [2.24, 2.45) is 0 Å². The molecule has 0 heterocycles. The predicted molar refractivity (Wildman–Crippen MR) is 84.4 cm³/mol. The van der Waals surface area contributed by atoms with Crippen molar-refractivity contribution in [2.45, 2.75) is 19.9 Å². The second-order valence-electron chi connectivity index (χ2n) is 5.07. The Morgan fingerprint density at radius 2 is 1.91 bits per heavy atom. The van der Waals surface area contributed by atoms with E-state index >= 15 is 0 Å². The van der Waals surface area contributed by atoms with Crippen LogP contribution in [0.3, 0.4) is 0 Å². The molecule has 0 saturated carbocycles. The number of nitriles is 1. The summed E-state index contributed by atoms with van der Waals surface area (Å²) in [4.78, 5) is 11.9. The minimum absolute atomic E-state index is 0.0535. The number of aryl methyl sites for hydroxylation is 1. The predicted octanol–water partition coefficient (Wildman–Crippen LogP) is 3.12. The van der Waals surface area contributed by atoms with Crippen LogP contribution >= 0.6 is 0 Å². The molecule has 0 radical (unpaired) electrons. The zero-order valence-corrected chi connectivity index (χ0v) is 12.7. The number of hydrogen-bond acceptors (Lipinski definition) is 3. The Labute approximate surface area is 130 Å². The molecule has 2 rings (SSSR count). The first-order valence-electron chi connectivity index (χ1n) is 7.08. The van der Waals surface area contributed by atoms with E-state index in [9.17, 15) is 4.79 Å². The van der Waals surface area contributed by atoms with E-state index in [0.29, 0.717) is 11.3 Å². The Bertz CT molecular complexity index is 687. The smallest absolute Gasteiger partial charge is 0.258 e. The third kappa shape index (κ3) is 4.10. The highest BCUT2D eigenvalue weighted by Crippen LogP contribution is 2.16. The summed E-state index contributed by atoms with van der Waals surface area (Å²) in [6.45, 7) is 3.91. The summed E-state index contributed by atoms with van der Waals surface area (Å²) in [5.41, 5.74) is 2.79. The molecule has 1 N–H and O–H groups in total. The van der Waals surface area contributed by atoms with Gasteiger partial charge in [0, 0.05) is 0 Å². The Hall–Kier alpha value is -2.80. The average Bonchev–Trinajstić information content (AvgIpc) is 2.53. The van der Waals surface area contributed by atoms with Crippen LogP contribution in [0.5, 0.6) is 5.75 Å². The number of nitrogens with zero attached hydrogens (tertiary/aromatic N) is 1. The average molecular weight is 294 g/mol. The first-order chi connectivity index (χ1) is 10.6. The Morgan fingerprint density at radius 1 is 1.23 bits per heavy atom. The van der Waals surface area contributed by atoms with Crippen molar-refractivity contribution >= 4 is 5.91 Å². The lowest BCUT2D eigenvalue weighted by molar-refractivity contribution is -0.123. The molecule has 4 nitrogen and oxygen atoms in total. The molecule has 0 saturated heterocycles. The Morgan fingerprint density at radius 3 is 2.55 bits per heavy atom. The topological polar surface area (TPSA) is 62.1 Å². The summed E-state index contributed by atoms with van der Waals surface area (Å²) in [7, 11) is 0. The van der Waals surface area contributed by atoms with Crippen LogP contribution in [-0.4, -0.2) is 12.5 Å². The molecule has 0 bridgehead atoms. The molecule has 0 spiro atoms. The number of nitrogens with one attached hydrogen (secondary N) is 1. The van der Waals surface area contributed by atoms with E-state index in [1.54, 1.807) is 24.3 Å². The quantitative estimate of drug-likeness (QED) is 0.921. The monoisotopic (exact) mass is 294 g/mol. The number of benzene rings is 2. The van der Waals surface area contributed by atoms with Gasteiger partial charge in [-0.3, -0.25) is 4.79 Å². The highest BCUT2D eigenvalue weighted by Gasteiger charge is 2.11. The van der Waals surface area contributed by atoms with Crippen LogP contribution in [-0.2, 0) is 4.79 Å². The molecular formula is C18H18N2O2. The molecule has 2 aromatic carbocycles. The molecule has 0 aliphatic carbocycles. The molecule has 0 aliphatic rings. The number of carbonyl (C=O) groups is 1. The van der Waals surface area contributed by atoms with Gasteiger partial charge in [0.25, 0.3) is 5.91 Å². The summed E-state index contributed by atoms with van der Waals surface area (Å²) in [5, 5.41) is 11.6. The first kappa shape index (κ1) is 15.6. The number of amides is 1. The van der Waals surface area contributed by atoms with Gasteiger partial charge in [-0.2, -0.15) is 5.26 Å². The van der Waals surface area contributed by atoms with Crippen molar-refractivity contribution < 1.29 is 9.53 Å². The molecule has 4 heteroatoms. The van der Waals surface area contributed by atoms with Crippen LogP contribution in [0.2, 0.25) is 0 Å². The van der Waals surface area contributed by atoms with Gasteiger partial charge in [-0.05, 0) is 49.2 Å². The number of carbonyl (C=O) groups excluding carboxylic acids is 1. The van der Waals surface area contributed by atoms with Crippen LogP contribution < -0.4 is 10.1 Å². The van der Waals surface area contributed by atoms with Gasteiger partial charge in [-0.15, -0.1) is 0 Å². The molecule has 22 heavy (non-hydrogen) atoms. The van der Waals surface area contributed by atoms with Crippen LogP contribution in [0.1, 0.15) is 29.7 Å². The molecule has 0 fully saturated rings. The second-order valence-corrected chi connectivity index (χ2v) is 5.07. The summed E-state index contributed by atoms with van der Waals surface area (Å²) in [6.07, 6.45) is 0. The third-order valence-electron chi connectivity index (χ3n) is 3.39.